The van der Waals surface area contributed by atoms with E-state index in [4.69, 9.17) is 0 Å². The van der Waals surface area contributed by atoms with Crippen molar-refractivity contribution in [2.24, 2.45) is 0 Å². The van der Waals surface area contributed by atoms with E-state index in [2.05, 4.69) is 9.97 Å². The van der Waals surface area contributed by atoms with Crippen molar-refractivity contribution in [3.8, 4) is 11.5 Å². The third-order valence-electron chi connectivity index (χ3n) is 3.13. The van der Waals surface area contributed by atoms with Crippen molar-refractivity contribution in [3.05, 3.63) is 49.4 Å². The minimum atomic E-state index is -0.759. The summed E-state index contributed by atoms with van der Waals surface area (Å²) in [6.45, 7) is 1.65. The van der Waals surface area contributed by atoms with Gasteiger partial charge in [-0.15, -0.1) is 0 Å². The van der Waals surface area contributed by atoms with Crippen molar-refractivity contribution in [2.75, 3.05) is 6.26 Å². The smallest absolute Gasteiger partial charge is 0.311 e. The molecule has 3 N–H and O–H groups in total. The van der Waals surface area contributed by atoms with E-state index < -0.39 is 16.4 Å². The molecule has 0 spiro atoms. The summed E-state index contributed by atoms with van der Waals surface area (Å²) in [6.07, 6.45) is 1.74. The SMILES string of the molecule is CSc1nc(C)c(Cc2cc([N+](=O)[O-])c(O)cc2O)c(=O)[nH]1. The number of aromatic amines is 1. The Kier molecular flexibility index (Phi) is 4.36. The fourth-order valence-corrected chi connectivity index (χ4v) is 2.40. The summed E-state index contributed by atoms with van der Waals surface area (Å²) in [5.74, 6) is -0.955. The number of aryl methyl sites for hydroxylation is 1. The Labute approximate surface area is 129 Å². The molecule has 2 aromatic rings. The molecule has 0 unspecified atom stereocenters. The summed E-state index contributed by atoms with van der Waals surface area (Å²) in [7, 11) is 0. The van der Waals surface area contributed by atoms with Crippen molar-refractivity contribution >= 4 is 17.4 Å². The third kappa shape index (κ3) is 3.03. The number of hydrogen-bond acceptors (Lipinski definition) is 7. The Morgan fingerprint density at radius 3 is 2.59 bits per heavy atom. The molecule has 1 aromatic heterocycles. The number of rotatable bonds is 4. The van der Waals surface area contributed by atoms with Gasteiger partial charge >= 0.3 is 5.69 Å². The summed E-state index contributed by atoms with van der Waals surface area (Å²) >= 11 is 1.29. The van der Waals surface area contributed by atoms with Crippen LogP contribution in [0.2, 0.25) is 0 Å². The number of phenols is 2. The van der Waals surface area contributed by atoms with Crippen LogP contribution in [0.3, 0.4) is 0 Å². The first-order chi connectivity index (χ1) is 10.3. The highest BCUT2D eigenvalue weighted by molar-refractivity contribution is 7.98. The lowest BCUT2D eigenvalue weighted by molar-refractivity contribution is -0.385. The average molecular weight is 323 g/mol. The number of nitro benzene ring substituents is 1. The van der Waals surface area contributed by atoms with Crippen LogP contribution in [0, 0.1) is 17.0 Å². The maximum atomic E-state index is 12.0. The van der Waals surface area contributed by atoms with E-state index in [1.807, 2.05) is 0 Å². The number of thioether (sulfide) groups is 1. The predicted molar refractivity (Wildman–Crippen MR) is 80.6 cm³/mol. The van der Waals surface area contributed by atoms with Crippen molar-refractivity contribution in [1.82, 2.24) is 9.97 Å². The molecule has 0 saturated heterocycles. The van der Waals surface area contributed by atoms with E-state index in [0.717, 1.165) is 12.1 Å². The Hall–Kier alpha value is -2.55. The van der Waals surface area contributed by atoms with Crippen molar-refractivity contribution in [1.29, 1.82) is 0 Å². The Bertz CT molecular complexity index is 803. The van der Waals surface area contributed by atoms with E-state index in [1.54, 1.807) is 13.2 Å². The molecule has 0 aliphatic carbocycles. The number of aromatic hydroxyl groups is 2. The number of nitrogens with one attached hydrogen (secondary N) is 1. The Morgan fingerprint density at radius 2 is 2.05 bits per heavy atom. The van der Waals surface area contributed by atoms with Gasteiger partial charge in [0.1, 0.15) is 5.75 Å². The van der Waals surface area contributed by atoms with Crippen LogP contribution in [0.4, 0.5) is 5.69 Å². The summed E-state index contributed by atoms with van der Waals surface area (Å²) in [6, 6.07) is 1.94. The first-order valence-corrected chi connectivity index (χ1v) is 7.39. The zero-order chi connectivity index (χ0) is 16.4. The molecule has 0 atom stereocenters. The van der Waals surface area contributed by atoms with Crippen LogP contribution in [0.25, 0.3) is 0 Å². The topological polar surface area (TPSA) is 129 Å². The minimum Gasteiger partial charge on any atom is -0.508 e. The van der Waals surface area contributed by atoms with Crippen LogP contribution in [0.1, 0.15) is 16.8 Å². The van der Waals surface area contributed by atoms with Crippen LogP contribution in [0.5, 0.6) is 11.5 Å². The van der Waals surface area contributed by atoms with Gasteiger partial charge in [-0.05, 0) is 13.2 Å². The molecular weight excluding hydrogens is 310 g/mol. The molecule has 8 nitrogen and oxygen atoms in total. The molecule has 0 amide bonds. The Balaban J connectivity index is 2.50. The molecule has 0 aliphatic rings. The predicted octanol–water partition coefficient (Wildman–Crippen LogP) is 1.71. The fraction of sp³-hybridized carbons (Fsp3) is 0.231. The van der Waals surface area contributed by atoms with Gasteiger partial charge in [-0.3, -0.25) is 14.9 Å². The van der Waals surface area contributed by atoms with Gasteiger partial charge in [-0.1, -0.05) is 11.8 Å². The fourth-order valence-electron chi connectivity index (χ4n) is 1.98. The standard InChI is InChI=1S/C13H13N3O5S/c1-6-8(12(19)15-13(14-6)22-2)3-7-4-9(16(20)21)11(18)5-10(7)17/h4-5,17-18H,3H2,1-2H3,(H,14,15,19). The zero-order valence-corrected chi connectivity index (χ0v) is 12.6. The molecule has 22 heavy (non-hydrogen) atoms. The van der Waals surface area contributed by atoms with E-state index >= 15 is 0 Å². The summed E-state index contributed by atoms with van der Waals surface area (Å²) in [5, 5.41) is 30.6. The molecule has 116 valence electrons. The summed E-state index contributed by atoms with van der Waals surface area (Å²) in [4.78, 5) is 28.9. The van der Waals surface area contributed by atoms with Crippen LogP contribution >= 0.6 is 11.8 Å². The van der Waals surface area contributed by atoms with Crippen LogP contribution < -0.4 is 5.56 Å². The molecule has 0 bridgehead atoms. The van der Waals surface area contributed by atoms with Gasteiger partial charge in [0.25, 0.3) is 5.56 Å². The number of nitro groups is 1. The quantitative estimate of drug-likeness (QED) is 0.338. The van der Waals surface area contributed by atoms with E-state index in [1.165, 1.54) is 11.8 Å². The van der Waals surface area contributed by atoms with Gasteiger partial charge < -0.3 is 15.2 Å². The monoisotopic (exact) mass is 323 g/mol. The van der Waals surface area contributed by atoms with Crippen molar-refractivity contribution in [2.45, 2.75) is 18.5 Å². The van der Waals surface area contributed by atoms with Crippen LogP contribution in [-0.4, -0.2) is 31.4 Å². The molecule has 1 aromatic carbocycles. The van der Waals surface area contributed by atoms with Gasteiger partial charge in [0.2, 0.25) is 0 Å². The number of benzene rings is 1. The molecule has 9 heteroatoms. The van der Waals surface area contributed by atoms with Gasteiger partial charge in [0.15, 0.2) is 10.9 Å². The van der Waals surface area contributed by atoms with Crippen LogP contribution in [0.15, 0.2) is 22.1 Å². The molecule has 0 aliphatic heterocycles. The van der Waals surface area contributed by atoms with E-state index in [0.29, 0.717) is 16.4 Å². The number of nitrogens with zero attached hydrogens (tertiary/aromatic N) is 2. The van der Waals surface area contributed by atoms with Gasteiger partial charge in [-0.25, -0.2) is 4.98 Å². The average Bonchev–Trinajstić information content (AvgIpc) is 2.44. The summed E-state index contributed by atoms with van der Waals surface area (Å²) in [5.41, 5.74) is 0.0377. The second kappa shape index (κ2) is 6.06. The highest BCUT2D eigenvalue weighted by Crippen LogP contribution is 2.33. The van der Waals surface area contributed by atoms with Gasteiger partial charge in [0.05, 0.1) is 4.92 Å². The number of aromatic nitrogens is 2. The largest absolute Gasteiger partial charge is 0.508 e. The first kappa shape index (κ1) is 15.8. The maximum Gasteiger partial charge on any atom is 0.311 e. The van der Waals surface area contributed by atoms with Crippen molar-refractivity contribution in [3.63, 3.8) is 0 Å². The third-order valence-corrected chi connectivity index (χ3v) is 3.71. The van der Waals surface area contributed by atoms with E-state index in [9.17, 15) is 25.1 Å². The molecule has 1 heterocycles. The second-order valence-electron chi connectivity index (χ2n) is 4.54. The molecule has 0 radical (unpaired) electrons. The van der Waals surface area contributed by atoms with Gasteiger partial charge in [-0.2, -0.15) is 0 Å². The lowest BCUT2D eigenvalue weighted by atomic mass is 10.0. The summed E-state index contributed by atoms with van der Waals surface area (Å²) < 4.78 is 0. The lowest BCUT2D eigenvalue weighted by Gasteiger charge is -2.08. The first-order valence-electron chi connectivity index (χ1n) is 6.16. The normalized spacial score (nSPS) is 10.6. The van der Waals surface area contributed by atoms with Gasteiger partial charge in [0, 0.05) is 35.4 Å². The lowest BCUT2D eigenvalue weighted by Crippen LogP contribution is -2.17. The number of hydrogen-bond donors (Lipinski definition) is 3. The number of phenolic OH excluding ortho intramolecular Hbond substituents is 2. The molecule has 0 saturated carbocycles. The highest BCUT2D eigenvalue weighted by atomic mass is 32.2. The maximum absolute atomic E-state index is 12.0. The second-order valence-corrected chi connectivity index (χ2v) is 5.34. The highest BCUT2D eigenvalue weighted by Gasteiger charge is 2.19. The van der Waals surface area contributed by atoms with Crippen molar-refractivity contribution < 1.29 is 15.1 Å². The number of H-pyrrole nitrogens is 1. The van der Waals surface area contributed by atoms with E-state index in [-0.39, 0.29) is 23.3 Å². The molecular formula is C13H13N3O5S. The van der Waals surface area contributed by atoms with Crippen LogP contribution in [-0.2, 0) is 6.42 Å². The molecule has 0 fully saturated rings. The minimum absolute atomic E-state index is 0.0320. The molecule has 2 rings (SSSR count). The zero-order valence-electron chi connectivity index (χ0n) is 11.8. The Morgan fingerprint density at radius 1 is 1.36 bits per heavy atom.